The molecular formula is C29H40N2O4S. The fourth-order valence-electron chi connectivity index (χ4n) is 5.46. The summed E-state index contributed by atoms with van der Waals surface area (Å²) < 4.78 is 6.16. The summed E-state index contributed by atoms with van der Waals surface area (Å²) in [7, 11) is 0. The normalized spacial score (nSPS) is 24.8. The zero-order valence-electron chi connectivity index (χ0n) is 22.3. The molecule has 36 heavy (non-hydrogen) atoms. The third-order valence-electron chi connectivity index (χ3n) is 7.67. The number of carboxylic acids is 1. The standard InChI is InChI=1S/C29H40N2O4S/c1-18-9-11-20(12-10-18)27(32)31(23-17-24(29(3,4)5)36-26(23)28(33)34)21-13-15-22(16-14-21)35-25-8-6-7-19(2)30-25/h6-8,17-18,20-22H,9-16H2,1-5H3,(H,33,34)/t18-,20-,21-,22-. The predicted octanol–water partition coefficient (Wildman–Crippen LogP) is 7.00. The van der Waals surface area contributed by atoms with Gasteiger partial charge in [0.1, 0.15) is 11.0 Å². The summed E-state index contributed by atoms with van der Waals surface area (Å²) in [5.41, 5.74) is 1.33. The molecule has 2 aromatic heterocycles. The van der Waals surface area contributed by atoms with Crippen LogP contribution in [-0.4, -0.2) is 34.1 Å². The summed E-state index contributed by atoms with van der Waals surface area (Å²) in [6.07, 6.45) is 7.10. The Bertz CT molecular complexity index is 1070. The SMILES string of the molecule is Cc1cccc(O[C@H]2CC[C@H](N(c3cc(C(C)(C)C)sc3C(=O)O)C(=O)[C@H]3CC[C@H](C)CC3)CC2)n1. The van der Waals surface area contributed by atoms with Crippen molar-refractivity contribution in [1.82, 2.24) is 4.98 Å². The molecule has 1 amide bonds. The van der Waals surface area contributed by atoms with E-state index in [0.717, 1.165) is 61.9 Å². The highest BCUT2D eigenvalue weighted by molar-refractivity contribution is 7.14. The van der Waals surface area contributed by atoms with Crippen LogP contribution in [0.25, 0.3) is 0 Å². The van der Waals surface area contributed by atoms with Crippen molar-refractivity contribution < 1.29 is 19.4 Å². The largest absolute Gasteiger partial charge is 0.477 e. The van der Waals surface area contributed by atoms with E-state index in [9.17, 15) is 14.7 Å². The lowest BCUT2D eigenvalue weighted by molar-refractivity contribution is -0.124. The summed E-state index contributed by atoms with van der Waals surface area (Å²) in [5.74, 6) is 0.402. The summed E-state index contributed by atoms with van der Waals surface area (Å²) in [6.45, 7) is 10.5. The fourth-order valence-corrected chi connectivity index (χ4v) is 6.50. The number of aromatic nitrogens is 1. The van der Waals surface area contributed by atoms with Crippen LogP contribution in [0.3, 0.4) is 0 Å². The number of anilines is 1. The van der Waals surface area contributed by atoms with Crippen LogP contribution in [0.2, 0.25) is 0 Å². The molecule has 0 bridgehead atoms. The summed E-state index contributed by atoms with van der Waals surface area (Å²) in [5, 5.41) is 10.1. The molecule has 2 aromatic rings. The monoisotopic (exact) mass is 512 g/mol. The zero-order valence-corrected chi connectivity index (χ0v) is 23.1. The van der Waals surface area contributed by atoms with Gasteiger partial charge >= 0.3 is 5.97 Å². The molecule has 196 valence electrons. The predicted molar refractivity (Wildman–Crippen MR) is 144 cm³/mol. The van der Waals surface area contributed by atoms with Gasteiger partial charge in [-0.3, -0.25) is 4.79 Å². The quantitative estimate of drug-likeness (QED) is 0.451. The summed E-state index contributed by atoms with van der Waals surface area (Å²) in [4.78, 5) is 34.0. The number of aryl methyl sites for hydroxylation is 1. The first-order valence-electron chi connectivity index (χ1n) is 13.3. The van der Waals surface area contributed by atoms with Crippen molar-refractivity contribution >= 4 is 28.9 Å². The molecule has 2 heterocycles. The second-order valence-electron chi connectivity index (χ2n) is 11.7. The zero-order chi connectivity index (χ0) is 26.0. The molecule has 7 heteroatoms. The molecule has 0 aromatic carbocycles. The minimum absolute atomic E-state index is 0.0253. The molecule has 1 N–H and O–H groups in total. The van der Waals surface area contributed by atoms with Gasteiger partial charge in [0, 0.05) is 28.6 Å². The molecular weight excluding hydrogens is 472 g/mol. The number of carbonyl (C=O) groups is 2. The smallest absolute Gasteiger partial charge is 0.348 e. The molecule has 0 aliphatic heterocycles. The Morgan fingerprint density at radius 1 is 1.06 bits per heavy atom. The van der Waals surface area contributed by atoms with Gasteiger partial charge in [-0.1, -0.05) is 33.8 Å². The number of carbonyl (C=O) groups excluding carboxylic acids is 1. The first-order valence-corrected chi connectivity index (χ1v) is 14.2. The third-order valence-corrected chi connectivity index (χ3v) is 9.21. The molecule has 0 saturated heterocycles. The van der Waals surface area contributed by atoms with Gasteiger partial charge in [-0.2, -0.15) is 0 Å². The Morgan fingerprint density at radius 3 is 2.31 bits per heavy atom. The maximum absolute atomic E-state index is 14.0. The molecule has 0 atom stereocenters. The van der Waals surface area contributed by atoms with Gasteiger partial charge in [0.2, 0.25) is 11.8 Å². The van der Waals surface area contributed by atoms with Crippen molar-refractivity contribution in [2.45, 2.75) is 104 Å². The molecule has 2 fully saturated rings. The van der Waals surface area contributed by atoms with E-state index in [4.69, 9.17) is 4.74 Å². The highest BCUT2D eigenvalue weighted by Crippen LogP contribution is 2.42. The Morgan fingerprint density at radius 2 is 1.72 bits per heavy atom. The number of carboxylic acid groups (broad SMARTS) is 1. The maximum Gasteiger partial charge on any atom is 0.348 e. The van der Waals surface area contributed by atoms with Crippen LogP contribution >= 0.6 is 11.3 Å². The van der Waals surface area contributed by atoms with Crippen molar-refractivity contribution in [1.29, 1.82) is 0 Å². The lowest BCUT2D eigenvalue weighted by Crippen LogP contribution is -2.47. The van der Waals surface area contributed by atoms with Crippen molar-refractivity contribution in [2.75, 3.05) is 4.90 Å². The van der Waals surface area contributed by atoms with Gasteiger partial charge in [0.25, 0.3) is 0 Å². The first kappa shape index (κ1) is 26.6. The van der Waals surface area contributed by atoms with Crippen LogP contribution in [0.5, 0.6) is 5.88 Å². The molecule has 0 unspecified atom stereocenters. The van der Waals surface area contributed by atoms with Crippen molar-refractivity contribution in [3.05, 3.63) is 39.7 Å². The van der Waals surface area contributed by atoms with E-state index in [1.807, 2.05) is 36.1 Å². The molecule has 2 aliphatic carbocycles. The van der Waals surface area contributed by atoms with Crippen molar-refractivity contribution in [3.8, 4) is 5.88 Å². The van der Waals surface area contributed by atoms with Crippen LogP contribution in [0.1, 0.15) is 99.3 Å². The Kier molecular flexibility index (Phi) is 8.08. The van der Waals surface area contributed by atoms with Crippen LogP contribution in [0.4, 0.5) is 5.69 Å². The van der Waals surface area contributed by atoms with Crippen LogP contribution < -0.4 is 9.64 Å². The molecule has 6 nitrogen and oxygen atoms in total. The Hall–Kier alpha value is -2.41. The van der Waals surface area contributed by atoms with Gasteiger partial charge < -0.3 is 14.7 Å². The van der Waals surface area contributed by atoms with E-state index < -0.39 is 5.97 Å². The summed E-state index contributed by atoms with van der Waals surface area (Å²) >= 11 is 1.31. The van der Waals surface area contributed by atoms with Crippen LogP contribution in [0, 0.1) is 18.8 Å². The number of hydrogen-bond acceptors (Lipinski definition) is 5. The van der Waals surface area contributed by atoms with E-state index >= 15 is 0 Å². The fraction of sp³-hybridized carbons (Fsp3) is 0.621. The van der Waals surface area contributed by atoms with Gasteiger partial charge in [-0.15, -0.1) is 11.3 Å². The average molecular weight is 513 g/mol. The van der Waals surface area contributed by atoms with Gasteiger partial charge in [-0.05, 0) is 81.8 Å². The number of pyridine rings is 1. The number of ether oxygens (including phenoxy) is 1. The first-order chi connectivity index (χ1) is 17.0. The van der Waals surface area contributed by atoms with Gasteiger partial charge in [0.05, 0.1) is 5.69 Å². The number of hydrogen-bond donors (Lipinski definition) is 1. The van der Waals surface area contributed by atoms with E-state index in [2.05, 4.69) is 32.7 Å². The lowest BCUT2D eigenvalue weighted by atomic mass is 9.81. The number of rotatable bonds is 6. The maximum atomic E-state index is 14.0. The summed E-state index contributed by atoms with van der Waals surface area (Å²) in [6, 6.07) is 7.73. The van der Waals surface area contributed by atoms with Crippen LogP contribution in [0.15, 0.2) is 24.3 Å². The molecule has 0 radical (unpaired) electrons. The number of amides is 1. The molecule has 4 rings (SSSR count). The average Bonchev–Trinajstić information content (AvgIpc) is 3.27. The van der Waals surface area contributed by atoms with E-state index in [1.165, 1.54) is 11.3 Å². The van der Waals surface area contributed by atoms with E-state index in [1.54, 1.807) is 0 Å². The molecule has 2 aliphatic rings. The second kappa shape index (κ2) is 10.9. The number of nitrogens with zero attached hydrogens (tertiary/aromatic N) is 2. The second-order valence-corrected chi connectivity index (χ2v) is 12.8. The Balaban J connectivity index is 1.59. The minimum atomic E-state index is -0.955. The highest BCUT2D eigenvalue weighted by Gasteiger charge is 2.38. The van der Waals surface area contributed by atoms with Crippen molar-refractivity contribution in [2.24, 2.45) is 11.8 Å². The van der Waals surface area contributed by atoms with Gasteiger partial charge in [-0.25, -0.2) is 9.78 Å². The molecule has 2 saturated carbocycles. The van der Waals surface area contributed by atoms with E-state index in [0.29, 0.717) is 17.5 Å². The lowest BCUT2D eigenvalue weighted by Gasteiger charge is -2.39. The third kappa shape index (κ3) is 6.10. The van der Waals surface area contributed by atoms with Gasteiger partial charge in [0.15, 0.2) is 0 Å². The minimum Gasteiger partial charge on any atom is -0.477 e. The highest BCUT2D eigenvalue weighted by atomic mass is 32.1. The molecule has 0 spiro atoms. The van der Waals surface area contributed by atoms with Crippen LogP contribution in [-0.2, 0) is 10.2 Å². The Labute approximate surface area is 219 Å². The topological polar surface area (TPSA) is 79.7 Å². The van der Waals surface area contributed by atoms with E-state index in [-0.39, 0.29) is 34.3 Å². The van der Waals surface area contributed by atoms with Crippen molar-refractivity contribution in [3.63, 3.8) is 0 Å². The number of thiophene rings is 1. The number of aromatic carboxylic acids is 1.